The SMILES string of the molecule is CC(C)(C)OC(=O)[C@@H]1C[C@@H](O)[C@@H](O)C[C@@H]1CN. The van der Waals surface area contributed by atoms with Gasteiger partial charge in [0.25, 0.3) is 0 Å². The van der Waals surface area contributed by atoms with Crippen molar-refractivity contribution in [1.29, 1.82) is 0 Å². The predicted molar refractivity (Wildman–Crippen MR) is 63.1 cm³/mol. The summed E-state index contributed by atoms with van der Waals surface area (Å²) in [4.78, 5) is 12.0. The summed E-state index contributed by atoms with van der Waals surface area (Å²) in [6.07, 6.45) is -1.09. The van der Waals surface area contributed by atoms with E-state index in [4.69, 9.17) is 10.5 Å². The Bertz CT molecular complexity index is 274. The Morgan fingerprint density at radius 3 is 2.29 bits per heavy atom. The number of esters is 1. The summed E-state index contributed by atoms with van der Waals surface area (Å²) in [5.74, 6) is -0.875. The summed E-state index contributed by atoms with van der Waals surface area (Å²) in [7, 11) is 0. The molecule has 0 radical (unpaired) electrons. The lowest BCUT2D eigenvalue weighted by Gasteiger charge is -2.36. The standard InChI is InChI=1S/C12H23NO4/c1-12(2,3)17-11(16)8-5-10(15)9(14)4-7(8)6-13/h7-10,14-15H,4-6,13H2,1-3H3/t7-,8-,9+,10-/m1/s1. The van der Waals surface area contributed by atoms with Crippen molar-refractivity contribution in [3.05, 3.63) is 0 Å². The second kappa shape index (κ2) is 5.33. The van der Waals surface area contributed by atoms with Gasteiger partial charge in [-0.1, -0.05) is 0 Å². The molecule has 1 aliphatic carbocycles. The highest BCUT2D eigenvalue weighted by Crippen LogP contribution is 2.32. The third-order valence-corrected chi connectivity index (χ3v) is 3.07. The maximum Gasteiger partial charge on any atom is 0.309 e. The highest BCUT2D eigenvalue weighted by molar-refractivity contribution is 5.73. The Kier molecular flexibility index (Phi) is 4.52. The zero-order valence-electron chi connectivity index (χ0n) is 10.7. The Labute approximate surface area is 102 Å². The van der Waals surface area contributed by atoms with Crippen LogP contribution in [0.2, 0.25) is 0 Å². The third-order valence-electron chi connectivity index (χ3n) is 3.07. The van der Waals surface area contributed by atoms with E-state index in [9.17, 15) is 15.0 Å². The van der Waals surface area contributed by atoms with Gasteiger partial charge in [0.05, 0.1) is 18.1 Å². The van der Waals surface area contributed by atoms with Gasteiger partial charge < -0.3 is 20.7 Å². The fourth-order valence-electron chi connectivity index (χ4n) is 2.17. The molecule has 0 aliphatic heterocycles. The molecular weight excluding hydrogens is 222 g/mol. The van der Waals surface area contributed by atoms with Gasteiger partial charge in [0.1, 0.15) is 5.60 Å². The van der Waals surface area contributed by atoms with Crippen LogP contribution in [0, 0.1) is 11.8 Å². The van der Waals surface area contributed by atoms with Gasteiger partial charge in [-0.3, -0.25) is 4.79 Å². The second-order valence-electron chi connectivity index (χ2n) is 5.74. The minimum absolute atomic E-state index is 0.122. The van der Waals surface area contributed by atoms with Crippen molar-refractivity contribution in [2.45, 2.75) is 51.4 Å². The average molecular weight is 245 g/mol. The number of hydrogen-bond acceptors (Lipinski definition) is 5. The Balaban J connectivity index is 2.70. The molecule has 0 heterocycles. The molecule has 0 saturated heterocycles. The van der Waals surface area contributed by atoms with Crippen LogP contribution in [0.15, 0.2) is 0 Å². The molecule has 0 bridgehead atoms. The van der Waals surface area contributed by atoms with Gasteiger partial charge in [-0.15, -0.1) is 0 Å². The summed E-state index contributed by atoms with van der Waals surface area (Å²) in [6, 6.07) is 0. The van der Waals surface area contributed by atoms with Crippen molar-refractivity contribution in [3.8, 4) is 0 Å². The Hall–Kier alpha value is -0.650. The van der Waals surface area contributed by atoms with Crippen LogP contribution in [0.5, 0.6) is 0 Å². The maximum atomic E-state index is 12.0. The number of hydrogen-bond donors (Lipinski definition) is 3. The molecular formula is C12H23NO4. The van der Waals surface area contributed by atoms with E-state index in [2.05, 4.69) is 0 Å². The van der Waals surface area contributed by atoms with Crippen molar-refractivity contribution in [2.75, 3.05) is 6.54 Å². The first kappa shape index (κ1) is 14.4. The number of carbonyl (C=O) groups excluding carboxylic acids is 1. The van der Waals surface area contributed by atoms with Crippen LogP contribution in [-0.4, -0.2) is 40.5 Å². The van der Waals surface area contributed by atoms with Crippen LogP contribution >= 0.6 is 0 Å². The summed E-state index contributed by atoms with van der Waals surface area (Å²) >= 11 is 0. The van der Waals surface area contributed by atoms with E-state index in [1.54, 1.807) is 20.8 Å². The zero-order valence-corrected chi connectivity index (χ0v) is 10.7. The quantitative estimate of drug-likeness (QED) is 0.597. The molecule has 0 amide bonds. The molecule has 5 heteroatoms. The molecule has 1 aliphatic rings. The van der Waals surface area contributed by atoms with Crippen molar-refractivity contribution in [3.63, 3.8) is 0 Å². The van der Waals surface area contributed by atoms with Crippen LogP contribution in [0.4, 0.5) is 0 Å². The van der Waals surface area contributed by atoms with E-state index in [1.807, 2.05) is 0 Å². The number of ether oxygens (including phenoxy) is 1. The van der Waals surface area contributed by atoms with Gasteiger partial charge in [0.2, 0.25) is 0 Å². The second-order valence-corrected chi connectivity index (χ2v) is 5.74. The lowest BCUT2D eigenvalue weighted by Crippen LogP contribution is -2.46. The normalized spacial score (nSPS) is 34.5. The Morgan fingerprint density at radius 1 is 1.29 bits per heavy atom. The molecule has 5 nitrogen and oxygen atoms in total. The van der Waals surface area contributed by atoms with E-state index in [-0.39, 0.29) is 18.3 Å². The fourth-order valence-corrected chi connectivity index (χ4v) is 2.17. The van der Waals surface area contributed by atoms with Crippen molar-refractivity contribution in [1.82, 2.24) is 0 Å². The first-order valence-corrected chi connectivity index (χ1v) is 6.03. The van der Waals surface area contributed by atoms with Crippen LogP contribution in [-0.2, 0) is 9.53 Å². The van der Waals surface area contributed by atoms with Crippen LogP contribution < -0.4 is 5.73 Å². The summed E-state index contributed by atoms with van der Waals surface area (Å²) < 4.78 is 5.31. The van der Waals surface area contributed by atoms with E-state index in [1.165, 1.54) is 0 Å². The van der Waals surface area contributed by atoms with E-state index < -0.39 is 23.7 Å². The average Bonchev–Trinajstić information content (AvgIpc) is 2.18. The van der Waals surface area contributed by atoms with Gasteiger partial charge in [0.15, 0.2) is 0 Å². The largest absolute Gasteiger partial charge is 0.460 e. The number of aliphatic hydroxyl groups excluding tert-OH is 2. The van der Waals surface area contributed by atoms with Crippen LogP contribution in [0.1, 0.15) is 33.6 Å². The van der Waals surface area contributed by atoms with Crippen molar-refractivity contribution in [2.24, 2.45) is 17.6 Å². The molecule has 1 rings (SSSR count). The van der Waals surface area contributed by atoms with E-state index in [0.717, 1.165) is 0 Å². The lowest BCUT2D eigenvalue weighted by atomic mass is 9.76. The highest BCUT2D eigenvalue weighted by Gasteiger charge is 2.40. The van der Waals surface area contributed by atoms with Crippen LogP contribution in [0.3, 0.4) is 0 Å². The molecule has 17 heavy (non-hydrogen) atoms. The van der Waals surface area contributed by atoms with Crippen molar-refractivity contribution >= 4 is 5.97 Å². The highest BCUT2D eigenvalue weighted by atomic mass is 16.6. The number of aliphatic hydroxyl groups is 2. The first-order chi connectivity index (χ1) is 7.74. The van der Waals surface area contributed by atoms with Gasteiger partial charge in [-0.25, -0.2) is 0 Å². The third kappa shape index (κ3) is 3.94. The molecule has 100 valence electrons. The number of nitrogens with two attached hydrogens (primary N) is 1. The van der Waals surface area contributed by atoms with Gasteiger partial charge in [-0.2, -0.15) is 0 Å². The molecule has 0 aromatic rings. The maximum absolute atomic E-state index is 12.0. The van der Waals surface area contributed by atoms with E-state index in [0.29, 0.717) is 13.0 Å². The topological polar surface area (TPSA) is 92.8 Å². The monoisotopic (exact) mass is 245 g/mol. The van der Waals surface area contributed by atoms with Gasteiger partial charge in [0, 0.05) is 0 Å². The molecule has 4 N–H and O–H groups in total. The van der Waals surface area contributed by atoms with Gasteiger partial charge in [-0.05, 0) is 46.1 Å². The Morgan fingerprint density at radius 2 is 1.82 bits per heavy atom. The molecule has 0 spiro atoms. The molecule has 1 fully saturated rings. The smallest absolute Gasteiger partial charge is 0.309 e. The minimum Gasteiger partial charge on any atom is -0.460 e. The minimum atomic E-state index is -0.865. The van der Waals surface area contributed by atoms with Crippen molar-refractivity contribution < 1.29 is 19.7 Å². The lowest BCUT2D eigenvalue weighted by molar-refractivity contribution is -0.167. The first-order valence-electron chi connectivity index (χ1n) is 6.03. The molecule has 1 saturated carbocycles. The number of rotatable bonds is 2. The van der Waals surface area contributed by atoms with E-state index >= 15 is 0 Å². The van der Waals surface area contributed by atoms with Crippen LogP contribution in [0.25, 0.3) is 0 Å². The molecule has 0 aromatic heterocycles. The molecule has 4 atom stereocenters. The fraction of sp³-hybridized carbons (Fsp3) is 0.917. The zero-order chi connectivity index (χ0) is 13.2. The predicted octanol–water partition coefficient (Wildman–Crippen LogP) is 0.0348. The summed E-state index contributed by atoms with van der Waals surface area (Å²) in [5, 5.41) is 19.2. The summed E-state index contributed by atoms with van der Waals surface area (Å²) in [5.41, 5.74) is 5.06. The van der Waals surface area contributed by atoms with Gasteiger partial charge >= 0.3 is 5.97 Å². The number of carbonyl (C=O) groups is 1. The molecule has 0 unspecified atom stereocenters. The molecule has 0 aromatic carbocycles. The summed E-state index contributed by atoms with van der Waals surface area (Å²) in [6.45, 7) is 5.72.